The molecule has 1 saturated heterocycles. The van der Waals surface area contributed by atoms with Crippen LogP contribution in [-0.2, 0) is 0 Å². The van der Waals surface area contributed by atoms with Crippen molar-refractivity contribution in [1.29, 1.82) is 0 Å². The predicted molar refractivity (Wildman–Crippen MR) is 80.8 cm³/mol. The van der Waals surface area contributed by atoms with Crippen LogP contribution in [0.2, 0.25) is 0 Å². The summed E-state index contributed by atoms with van der Waals surface area (Å²) in [6.07, 6.45) is 5.19. The maximum Gasteiger partial charge on any atom is 0.157 e. The normalized spacial score (nSPS) is 28.3. The lowest BCUT2D eigenvalue weighted by atomic mass is 9.72. The van der Waals surface area contributed by atoms with E-state index in [2.05, 4.69) is 11.9 Å². The molecule has 1 fully saturated rings. The van der Waals surface area contributed by atoms with E-state index in [-0.39, 0.29) is 16.3 Å². The van der Waals surface area contributed by atoms with Gasteiger partial charge < -0.3 is 10.2 Å². The Hall–Kier alpha value is -0.800. The van der Waals surface area contributed by atoms with Gasteiger partial charge in [-0.05, 0) is 37.6 Å². The van der Waals surface area contributed by atoms with Crippen molar-refractivity contribution in [3.05, 3.63) is 35.3 Å². The number of rotatable bonds is 0. The highest BCUT2D eigenvalue weighted by Crippen LogP contribution is 2.40. The Labute approximate surface area is 121 Å². The van der Waals surface area contributed by atoms with Gasteiger partial charge in [-0.15, -0.1) is 0 Å². The Bertz CT molecular complexity index is 382. The molecule has 4 heteroatoms. The minimum absolute atomic E-state index is 0.0251. The molecule has 2 rings (SSSR count). The Kier molecular flexibility index (Phi) is 6.08. The monoisotopic (exact) mass is 286 g/mol. The van der Waals surface area contributed by atoms with Gasteiger partial charge in [0.05, 0.1) is 5.03 Å². The van der Waals surface area contributed by atoms with E-state index in [9.17, 15) is 4.39 Å². The topological polar surface area (TPSA) is 15.3 Å². The van der Waals surface area contributed by atoms with Crippen molar-refractivity contribution >= 4 is 11.6 Å². The fourth-order valence-electron chi connectivity index (χ4n) is 2.64. The molecule has 0 radical (unpaired) electrons. The van der Waals surface area contributed by atoms with Gasteiger partial charge in [0, 0.05) is 25.2 Å². The minimum Gasteiger partial charge on any atom is -0.377 e. The van der Waals surface area contributed by atoms with Crippen LogP contribution in [0, 0.1) is 5.41 Å². The lowest BCUT2D eigenvalue weighted by molar-refractivity contribution is 0.197. The molecule has 0 amide bonds. The molecule has 0 atom stereocenters. The van der Waals surface area contributed by atoms with Crippen LogP contribution < -0.4 is 5.32 Å². The summed E-state index contributed by atoms with van der Waals surface area (Å²) < 4.78 is 13.6. The number of halogens is 2. The average molecular weight is 287 g/mol. The van der Waals surface area contributed by atoms with Crippen LogP contribution in [-0.4, -0.2) is 31.6 Å². The molecule has 1 N–H and O–H groups in total. The molecule has 2 heterocycles. The summed E-state index contributed by atoms with van der Waals surface area (Å²) in [7, 11) is 1.88. The zero-order valence-corrected chi connectivity index (χ0v) is 12.9. The third-order valence-electron chi connectivity index (χ3n) is 3.66. The zero-order valence-electron chi connectivity index (χ0n) is 12.1. The van der Waals surface area contributed by atoms with Gasteiger partial charge >= 0.3 is 0 Å². The molecular weight excluding hydrogens is 263 g/mol. The van der Waals surface area contributed by atoms with Gasteiger partial charge in [0.25, 0.3) is 0 Å². The van der Waals surface area contributed by atoms with Crippen LogP contribution in [0.25, 0.3) is 0 Å². The molecule has 2 aliphatic heterocycles. The number of piperidine rings is 1. The highest BCUT2D eigenvalue weighted by Gasteiger charge is 2.35. The zero-order chi connectivity index (χ0) is 14.5. The Balaban J connectivity index is 0.000000861. The molecule has 108 valence electrons. The van der Waals surface area contributed by atoms with Crippen molar-refractivity contribution in [2.45, 2.75) is 26.7 Å². The van der Waals surface area contributed by atoms with Gasteiger partial charge in [0.2, 0.25) is 0 Å². The van der Waals surface area contributed by atoms with E-state index >= 15 is 0 Å². The van der Waals surface area contributed by atoms with Crippen molar-refractivity contribution in [3.8, 4) is 0 Å². The fourth-order valence-corrected chi connectivity index (χ4v) is 2.82. The molecule has 19 heavy (non-hydrogen) atoms. The van der Waals surface area contributed by atoms with Crippen molar-refractivity contribution in [3.63, 3.8) is 0 Å². The Morgan fingerprint density at radius 2 is 1.95 bits per heavy atom. The molecule has 2 aliphatic rings. The Morgan fingerprint density at radius 3 is 2.53 bits per heavy atom. The Morgan fingerprint density at radius 1 is 1.37 bits per heavy atom. The van der Waals surface area contributed by atoms with Crippen LogP contribution in [0.15, 0.2) is 35.3 Å². The van der Waals surface area contributed by atoms with Gasteiger partial charge in [-0.2, -0.15) is 0 Å². The smallest absolute Gasteiger partial charge is 0.157 e. The number of nitrogens with one attached hydrogen (secondary N) is 1. The summed E-state index contributed by atoms with van der Waals surface area (Å²) in [6.45, 7) is 10.8. The van der Waals surface area contributed by atoms with E-state index < -0.39 is 0 Å². The van der Waals surface area contributed by atoms with E-state index in [0.717, 1.165) is 38.0 Å². The lowest BCUT2D eigenvalue weighted by Gasteiger charge is -2.41. The maximum atomic E-state index is 13.6. The highest BCUT2D eigenvalue weighted by molar-refractivity contribution is 6.31. The third kappa shape index (κ3) is 3.83. The van der Waals surface area contributed by atoms with E-state index in [0.29, 0.717) is 0 Å². The van der Waals surface area contributed by atoms with Crippen LogP contribution >= 0.6 is 11.6 Å². The van der Waals surface area contributed by atoms with E-state index in [4.69, 9.17) is 11.6 Å². The summed E-state index contributed by atoms with van der Waals surface area (Å²) in [5.41, 5.74) is 0.969. The summed E-state index contributed by atoms with van der Waals surface area (Å²) in [5.74, 6) is -0.390. The van der Waals surface area contributed by atoms with E-state index in [1.165, 1.54) is 6.20 Å². The summed E-state index contributed by atoms with van der Waals surface area (Å²) in [5, 5.41) is 3.50. The van der Waals surface area contributed by atoms with Crippen molar-refractivity contribution < 1.29 is 4.39 Å². The van der Waals surface area contributed by atoms with Crippen molar-refractivity contribution in [2.24, 2.45) is 5.41 Å². The molecule has 0 aromatic heterocycles. The predicted octanol–water partition coefficient (Wildman–Crippen LogP) is 3.82. The van der Waals surface area contributed by atoms with Crippen LogP contribution in [0.4, 0.5) is 4.39 Å². The van der Waals surface area contributed by atoms with Gasteiger partial charge in [-0.3, -0.25) is 0 Å². The quantitative estimate of drug-likeness (QED) is 0.728. The van der Waals surface area contributed by atoms with E-state index in [1.54, 1.807) is 6.08 Å². The lowest BCUT2D eigenvalue weighted by Crippen LogP contribution is -2.44. The van der Waals surface area contributed by atoms with Crippen LogP contribution in [0.3, 0.4) is 0 Å². The standard InChI is InChI=1S/C13H18ClFN2.C2H6/c1-10-7-11(14)12(15)8-17(2)9-13(10)3-5-16-6-4-13;1-2/h7-8,16H,1,3-6,9H2,2H3;1-2H3/b11-7+,12-8+;. The SMILES string of the molecule is C=C1/C=C(Cl)\C(F)=C/N(C)CC12CCNCC2.CC. The maximum absolute atomic E-state index is 13.6. The minimum atomic E-state index is -0.390. The number of allylic oxidation sites excluding steroid dienone is 3. The van der Waals surface area contributed by atoms with Crippen LogP contribution in [0.1, 0.15) is 26.7 Å². The first-order valence-corrected chi connectivity index (χ1v) is 7.26. The molecule has 0 aromatic carbocycles. The molecule has 0 aliphatic carbocycles. The summed E-state index contributed by atoms with van der Waals surface area (Å²) in [4.78, 5) is 1.88. The highest BCUT2D eigenvalue weighted by atomic mass is 35.5. The first-order chi connectivity index (χ1) is 9.03. The summed E-state index contributed by atoms with van der Waals surface area (Å²) in [6, 6.07) is 0. The van der Waals surface area contributed by atoms with E-state index in [1.807, 2.05) is 25.8 Å². The fraction of sp³-hybridized carbons (Fsp3) is 0.600. The summed E-state index contributed by atoms with van der Waals surface area (Å²) >= 11 is 5.92. The molecule has 0 unspecified atom stereocenters. The molecule has 0 aromatic rings. The average Bonchev–Trinajstić information content (AvgIpc) is 2.40. The van der Waals surface area contributed by atoms with Gasteiger partial charge in [0.1, 0.15) is 0 Å². The first kappa shape index (κ1) is 16.3. The van der Waals surface area contributed by atoms with Gasteiger partial charge in [-0.1, -0.05) is 32.0 Å². The second-order valence-corrected chi connectivity index (χ2v) is 5.35. The second kappa shape index (κ2) is 7.11. The van der Waals surface area contributed by atoms with Crippen molar-refractivity contribution in [1.82, 2.24) is 10.2 Å². The molecule has 0 bridgehead atoms. The number of nitrogens with zero attached hydrogens (tertiary/aromatic N) is 1. The van der Waals surface area contributed by atoms with Gasteiger partial charge in [0.15, 0.2) is 5.83 Å². The first-order valence-electron chi connectivity index (χ1n) is 6.89. The number of hydrogen-bond donors (Lipinski definition) is 1. The van der Waals surface area contributed by atoms with Crippen LogP contribution in [0.5, 0.6) is 0 Å². The third-order valence-corrected chi connectivity index (χ3v) is 3.95. The molecule has 0 saturated carbocycles. The molecular formula is C15H24ClFN2. The largest absolute Gasteiger partial charge is 0.377 e. The molecule has 2 nitrogen and oxygen atoms in total. The number of hydrogen-bond acceptors (Lipinski definition) is 2. The van der Waals surface area contributed by atoms with Crippen molar-refractivity contribution in [2.75, 3.05) is 26.7 Å². The molecule has 1 spiro atoms. The van der Waals surface area contributed by atoms with Gasteiger partial charge in [-0.25, -0.2) is 4.39 Å². The second-order valence-electron chi connectivity index (χ2n) is 4.94.